The summed E-state index contributed by atoms with van der Waals surface area (Å²) < 4.78 is 0. The predicted octanol–water partition coefficient (Wildman–Crippen LogP) is 5.75. The third-order valence-corrected chi connectivity index (χ3v) is 6.27. The molecule has 6 nitrogen and oxygen atoms in total. The number of oxime groups is 1. The van der Waals surface area contributed by atoms with Gasteiger partial charge in [0.2, 0.25) is 5.71 Å². The van der Waals surface area contributed by atoms with Crippen LogP contribution < -0.4 is 5.32 Å². The molecular formula is C26H22BrN3O3S. The van der Waals surface area contributed by atoms with Crippen LogP contribution in [-0.2, 0) is 15.2 Å². The fraction of sp³-hybridized carbons (Fsp3) is 0.115. The smallest absolute Gasteiger partial charge is 0.360 e. The second-order valence-corrected chi connectivity index (χ2v) is 8.93. The van der Waals surface area contributed by atoms with Crippen molar-refractivity contribution >= 4 is 44.1 Å². The van der Waals surface area contributed by atoms with Gasteiger partial charge in [0.1, 0.15) is 17.8 Å². The highest BCUT2D eigenvalue weighted by Crippen LogP contribution is 2.40. The molecule has 1 heterocycles. The molecule has 0 bridgehead atoms. The zero-order chi connectivity index (χ0) is 23.8. The minimum absolute atomic E-state index is 0.234. The molecule has 1 aromatic heterocycles. The number of carbonyl (C=O) groups is 1. The summed E-state index contributed by atoms with van der Waals surface area (Å²) in [5.74, 6) is -1.20. The van der Waals surface area contributed by atoms with Gasteiger partial charge in [-0.05, 0) is 16.7 Å². The number of nitrogens with one attached hydrogen (secondary N) is 1. The van der Waals surface area contributed by atoms with Crippen molar-refractivity contribution in [2.75, 3.05) is 17.3 Å². The Labute approximate surface area is 210 Å². The summed E-state index contributed by atoms with van der Waals surface area (Å²) in [6.07, 6.45) is 0. The van der Waals surface area contributed by atoms with E-state index in [4.69, 9.17) is 4.84 Å². The molecule has 3 aromatic carbocycles. The summed E-state index contributed by atoms with van der Waals surface area (Å²) in [6.45, 7) is 0.255. The summed E-state index contributed by atoms with van der Waals surface area (Å²) in [5, 5.41) is 19.8. The lowest BCUT2D eigenvalue weighted by molar-refractivity contribution is -0.129. The standard InChI is InChI=1S/C26H22BrN3O3S/c27-16-17-33-30-23(24(31)32)22-18-34-25(28-22)29-26(19-10-4-1-5-11-19,20-12-6-2-7-13-20)21-14-8-3-9-15-21/h1-15,18H,16-17H2,(H,28,29)(H,31,32). The molecule has 0 spiro atoms. The Morgan fingerprint density at radius 1 is 0.941 bits per heavy atom. The maximum atomic E-state index is 11.8. The van der Waals surface area contributed by atoms with Crippen LogP contribution in [0.3, 0.4) is 0 Å². The van der Waals surface area contributed by atoms with Gasteiger partial charge >= 0.3 is 5.97 Å². The molecule has 0 saturated heterocycles. The van der Waals surface area contributed by atoms with Crippen LogP contribution in [0.1, 0.15) is 22.4 Å². The van der Waals surface area contributed by atoms with Crippen molar-refractivity contribution in [3.63, 3.8) is 0 Å². The van der Waals surface area contributed by atoms with Gasteiger partial charge < -0.3 is 15.3 Å². The van der Waals surface area contributed by atoms with E-state index in [0.29, 0.717) is 10.5 Å². The van der Waals surface area contributed by atoms with E-state index in [1.54, 1.807) is 5.38 Å². The van der Waals surface area contributed by atoms with Crippen molar-refractivity contribution in [2.24, 2.45) is 5.16 Å². The fourth-order valence-electron chi connectivity index (χ4n) is 3.72. The number of halogens is 1. The summed E-state index contributed by atoms with van der Waals surface area (Å²) in [7, 11) is 0. The molecule has 0 atom stereocenters. The quantitative estimate of drug-likeness (QED) is 0.0887. The van der Waals surface area contributed by atoms with Crippen LogP contribution in [0.25, 0.3) is 0 Å². The Morgan fingerprint density at radius 2 is 1.44 bits per heavy atom. The van der Waals surface area contributed by atoms with Crippen LogP contribution in [0.4, 0.5) is 5.13 Å². The van der Waals surface area contributed by atoms with Gasteiger partial charge in [0.15, 0.2) is 5.13 Å². The summed E-state index contributed by atoms with van der Waals surface area (Å²) in [6, 6.07) is 30.4. The second-order valence-electron chi connectivity index (χ2n) is 7.28. The number of carboxylic acid groups (broad SMARTS) is 1. The number of aliphatic carboxylic acids is 1. The molecule has 0 saturated carbocycles. The molecule has 0 aliphatic carbocycles. The van der Waals surface area contributed by atoms with Crippen molar-refractivity contribution in [3.05, 3.63) is 119 Å². The Kier molecular flexibility index (Phi) is 7.72. The number of anilines is 1. The third-order valence-electron chi connectivity index (χ3n) is 5.19. The lowest BCUT2D eigenvalue weighted by Gasteiger charge is -2.36. The molecule has 4 aromatic rings. The molecule has 0 aliphatic rings. The highest BCUT2D eigenvalue weighted by molar-refractivity contribution is 9.09. The Hall–Kier alpha value is -3.49. The lowest BCUT2D eigenvalue weighted by atomic mass is 9.77. The minimum Gasteiger partial charge on any atom is -0.476 e. The van der Waals surface area contributed by atoms with Gasteiger partial charge in [0.05, 0.1) is 0 Å². The number of nitrogens with zero attached hydrogens (tertiary/aromatic N) is 2. The van der Waals surface area contributed by atoms with Crippen LogP contribution >= 0.6 is 27.3 Å². The number of hydrogen-bond acceptors (Lipinski definition) is 6. The average molecular weight is 536 g/mol. The fourth-order valence-corrected chi connectivity index (χ4v) is 4.62. The first-order valence-electron chi connectivity index (χ1n) is 10.5. The van der Waals surface area contributed by atoms with E-state index in [-0.39, 0.29) is 18.0 Å². The largest absolute Gasteiger partial charge is 0.476 e. The van der Waals surface area contributed by atoms with Crippen LogP contribution in [0.15, 0.2) is 102 Å². The van der Waals surface area contributed by atoms with Crippen LogP contribution in [0, 0.1) is 0 Å². The predicted molar refractivity (Wildman–Crippen MR) is 139 cm³/mol. The number of benzene rings is 3. The normalized spacial score (nSPS) is 11.7. The number of thiazole rings is 1. The zero-order valence-corrected chi connectivity index (χ0v) is 20.5. The minimum atomic E-state index is -1.20. The van der Waals surface area contributed by atoms with E-state index in [2.05, 4.69) is 67.8 Å². The molecule has 172 valence electrons. The van der Waals surface area contributed by atoms with Gasteiger partial charge in [0, 0.05) is 10.7 Å². The molecule has 0 unspecified atom stereocenters. The maximum absolute atomic E-state index is 11.8. The molecule has 4 rings (SSSR count). The first-order chi connectivity index (χ1) is 16.6. The second kappa shape index (κ2) is 11.1. The van der Waals surface area contributed by atoms with Gasteiger partial charge in [-0.25, -0.2) is 9.78 Å². The molecular weight excluding hydrogens is 514 g/mol. The topological polar surface area (TPSA) is 83.8 Å². The summed E-state index contributed by atoms with van der Waals surface area (Å²) in [4.78, 5) is 21.4. The Balaban J connectivity index is 1.84. The van der Waals surface area contributed by atoms with Crippen molar-refractivity contribution in [1.29, 1.82) is 0 Å². The van der Waals surface area contributed by atoms with E-state index in [9.17, 15) is 9.90 Å². The summed E-state index contributed by atoms with van der Waals surface area (Å²) in [5.41, 5.74) is 2.31. The SMILES string of the molecule is O=C(O)C(=NOCCBr)c1csc(NC(c2ccccc2)(c2ccccc2)c2ccccc2)n1. The van der Waals surface area contributed by atoms with Crippen molar-refractivity contribution < 1.29 is 14.7 Å². The first kappa shape index (κ1) is 23.7. The highest BCUT2D eigenvalue weighted by atomic mass is 79.9. The lowest BCUT2D eigenvalue weighted by Crippen LogP contribution is -2.38. The van der Waals surface area contributed by atoms with Crippen LogP contribution in [-0.4, -0.2) is 33.7 Å². The number of rotatable bonds is 10. The number of alkyl halides is 1. The number of carboxylic acids is 1. The van der Waals surface area contributed by atoms with Gasteiger partial charge in [-0.3, -0.25) is 0 Å². The summed E-state index contributed by atoms with van der Waals surface area (Å²) >= 11 is 4.55. The molecule has 34 heavy (non-hydrogen) atoms. The van der Waals surface area contributed by atoms with Gasteiger partial charge in [0.25, 0.3) is 0 Å². The average Bonchev–Trinajstić information content (AvgIpc) is 3.34. The Bertz CT molecular complexity index is 1150. The van der Waals surface area contributed by atoms with E-state index in [0.717, 1.165) is 16.7 Å². The van der Waals surface area contributed by atoms with E-state index in [1.807, 2.05) is 54.6 Å². The molecule has 2 N–H and O–H groups in total. The van der Waals surface area contributed by atoms with Gasteiger partial charge in [-0.1, -0.05) is 112 Å². The first-order valence-corrected chi connectivity index (χ1v) is 12.5. The third kappa shape index (κ3) is 5.03. The molecule has 0 amide bonds. The molecule has 0 radical (unpaired) electrons. The van der Waals surface area contributed by atoms with Gasteiger partial charge in [-0.15, -0.1) is 11.3 Å². The van der Waals surface area contributed by atoms with Crippen LogP contribution in [0.2, 0.25) is 0 Å². The number of hydrogen-bond donors (Lipinski definition) is 2. The van der Waals surface area contributed by atoms with Crippen LogP contribution in [0.5, 0.6) is 0 Å². The van der Waals surface area contributed by atoms with E-state index < -0.39 is 11.5 Å². The maximum Gasteiger partial charge on any atom is 0.360 e. The molecule has 8 heteroatoms. The highest BCUT2D eigenvalue weighted by Gasteiger charge is 2.37. The van der Waals surface area contributed by atoms with E-state index in [1.165, 1.54) is 11.3 Å². The Morgan fingerprint density at radius 3 is 1.88 bits per heavy atom. The van der Waals surface area contributed by atoms with Crippen molar-refractivity contribution in [1.82, 2.24) is 4.98 Å². The van der Waals surface area contributed by atoms with E-state index >= 15 is 0 Å². The zero-order valence-electron chi connectivity index (χ0n) is 18.1. The van der Waals surface area contributed by atoms with Crippen molar-refractivity contribution in [2.45, 2.75) is 5.54 Å². The molecule has 0 aliphatic heterocycles. The molecule has 0 fully saturated rings. The van der Waals surface area contributed by atoms with Gasteiger partial charge in [-0.2, -0.15) is 0 Å². The number of aromatic nitrogens is 1. The van der Waals surface area contributed by atoms with Crippen molar-refractivity contribution in [3.8, 4) is 0 Å². The monoisotopic (exact) mass is 535 g/mol.